The number of esters is 1. The average molecular weight is 441 g/mol. The smallest absolute Gasteiger partial charge is 0.309 e. The minimum Gasteiger partial charge on any atom is -0.466 e. The summed E-state index contributed by atoms with van der Waals surface area (Å²) in [6.07, 6.45) is 2.60. The van der Waals surface area contributed by atoms with Crippen molar-refractivity contribution in [3.05, 3.63) is 0 Å². The summed E-state index contributed by atoms with van der Waals surface area (Å²) in [6, 6.07) is 0. The first-order valence-electron chi connectivity index (χ1n) is 8.50. The lowest BCUT2D eigenvalue weighted by Crippen LogP contribution is -2.46. The van der Waals surface area contributed by atoms with Crippen molar-refractivity contribution in [1.29, 1.82) is 0 Å². The van der Waals surface area contributed by atoms with Crippen LogP contribution in [0.4, 0.5) is 0 Å². The monoisotopic (exact) mass is 441 g/mol. The maximum absolute atomic E-state index is 11.8. The minimum absolute atomic E-state index is 0. The fraction of sp³-hybridized carbons (Fsp3) is 0.875. The molecule has 1 aliphatic rings. The highest BCUT2D eigenvalue weighted by Crippen LogP contribution is 2.18. The van der Waals surface area contributed by atoms with E-state index in [-0.39, 0.29) is 35.9 Å². The zero-order valence-corrected chi connectivity index (χ0v) is 17.0. The van der Waals surface area contributed by atoms with E-state index in [9.17, 15) is 4.79 Å². The summed E-state index contributed by atoms with van der Waals surface area (Å²) in [5.41, 5.74) is 0. The second-order valence-corrected chi connectivity index (χ2v) is 5.30. The molecule has 0 atom stereocenters. The van der Waals surface area contributed by atoms with E-state index in [1.807, 2.05) is 13.8 Å². The Morgan fingerprint density at radius 3 is 2.48 bits per heavy atom. The third-order valence-corrected chi connectivity index (χ3v) is 3.66. The zero-order valence-electron chi connectivity index (χ0n) is 14.7. The van der Waals surface area contributed by atoms with Crippen LogP contribution in [0.15, 0.2) is 4.99 Å². The number of halogens is 1. The number of carbonyl (C=O) groups excluding carboxylic acids is 1. The second-order valence-electron chi connectivity index (χ2n) is 5.30. The molecule has 0 radical (unpaired) electrons. The van der Waals surface area contributed by atoms with Gasteiger partial charge >= 0.3 is 5.97 Å². The van der Waals surface area contributed by atoms with Crippen LogP contribution in [-0.4, -0.2) is 62.8 Å². The lowest BCUT2D eigenvalue weighted by Gasteiger charge is -2.33. The van der Waals surface area contributed by atoms with Crippen LogP contribution in [0.5, 0.6) is 0 Å². The molecule has 0 aromatic rings. The highest BCUT2D eigenvalue weighted by atomic mass is 127. The first-order chi connectivity index (χ1) is 10.7. The molecule has 0 unspecified atom stereocenters. The third kappa shape index (κ3) is 8.74. The van der Waals surface area contributed by atoms with Gasteiger partial charge in [0, 0.05) is 39.4 Å². The first kappa shape index (κ1) is 22.4. The molecule has 1 saturated heterocycles. The predicted octanol–water partition coefficient (Wildman–Crippen LogP) is 2.27. The lowest BCUT2D eigenvalue weighted by atomic mass is 9.97. The highest BCUT2D eigenvalue weighted by molar-refractivity contribution is 14.0. The fourth-order valence-electron chi connectivity index (χ4n) is 2.51. The van der Waals surface area contributed by atoms with Gasteiger partial charge in [0.15, 0.2) is 5.96 Å². The van der Waals surface area contributed by atoms with Crippen LogP contribution in [0.25, 0.3) is 0 Å². The normalized spacial score (nSPS) is 16.0. The molecule has 0 aliphatic carbocycles. The molecule has 0 aromatic heterocycles. The largest absolute Gasteiger partial charge is 0.466 e. The number of carbonyl (C=O) groups is 1. The van der Waals surface area contributed by atoms with Gasteiger partial charge in [-0.05, 0) is 40.0 Å². The van der Waals surface area contributed by atoms with Crippen LogP contribution in [0.2, 0.25) is 0 Å². The molecule has 1 fully saturated rings. The molecular weight excluding hydrogens is 409 g/mol. The van der Waals surface area contributed by atoms with Gasteiger partial charge in [-0.2, -0.15) is 0 Å². The van der Waals surface area contributed by atoms with Crippen LogP contribution in [0.1, 0.15) is 40.0 Å². The van der Waals surface area contributed by atoms with Crippen LogP contribution in [-0.2, 0) is 14.3 Å². The van der Waals surface area contributed by atoms with Crippen molar-refractivity contribution in [2.75, 3.05) is 46.0 Å². The number of guanidine groups is 1. The van der Waals surface area contributed by atoms with E-state index in [1.165, 1.54) is 0 Å². The van der Waals surface area contributed by atoms with E-state index >= 15 is 0 Å². The Kier molecular flexibility index (Phi) is 13.5. The summed E-state index contributed by atoms with van der Waals surface area (Å²) < 4.78 is 10.4. The molecule has 136 valence electrons. The van der Waals surface area contributed by atoms with Gasteiger partial charge in [-0.25, -0.2) is 0 Å². The molecule has 23 heavy (non-hydrogen) atoms. The molecule has 0 bridgehead atoms. The number of nitrogens with zero attached hydrogens (tertiary/aromatic N) is 2. The zero-order chi connectivity index (χ0) is 16.2. The lowest BCUT2D eigenvalue weighted by molar-refractivity contribution is -0.149. The molecule has 0 amide bonds. The molecule has 6 nitrogen and oxygen atoms in total. The maximum Gasteiger partial charge on any atom is 0.309 e. The molecule has 0 saturated carbocycles. The number of ether oxygens (including phenoxy) is 2. The van der Waals surface area contributed by atoms with Gasteiger partial charge in [0.1, 0.15) is 0 Å². The van der Waals surface area contributed by atoms with E-state index in [0.717, 1.165) is 64.6 Å². The summed E-state index contributed by atoms with van der Waals surface area (Å²) in [6.45, 7) is 11.2. The molecule has 7 heteroatoms. The Morgan fingerprint density at radius 1 is 1.22 bits per heavy atom. The predicted molar refractivity (Wildman–Crippen MR) is 103 cm³/mol. The van der Waals surface area contributed by atoms with Gasteiger partial charge in [-0.15, -0.1) is 24.0 Å². The Hall–Kier alpha value is -0.570. The van der Waals surface area contributed by atoms with Gasteiger partial charge in [0.05, 0.1) is 12.5 Å². The third-order valence-electron chi connectivity index (χ3n) is 3.66. The van der Waals surface area contributed by atoms with E-state index in [1.54, 1.807) is 0 Å². The standard InChI is InChI=1S/C16H31N3O3.HI/c1-4-17-16(18-10-7-13-21-5-2)19-11-8-14(9-12-19)15(20)22-6-3;/h14H,4-13H2,1-3H3,(H,17,18);1H. The Balaban J connectivity index is 0.00000484. The quantitative estimate of drug-likeness (QED) is 0.206. The van der Waals surface area contributed by atoms with Crippen LogP contribution in [0, 0.1) is 5.92 Å². The van der Waals surface area contributed by atoms with E-state index < -0.39 is 0 Å². The van der Waals surface area contributed by atoms with E-state index in [2.05, 4.69) is 22.1 Å². The molecule has 1 rings (SSSR count). The van der Waals surface area contributed by atoms with Crippen molar-refractivity contribution in [2.45, 2.75) is 40.0 Å². The molecule has 1 N–H and O–H groups in total. The average Bonchev–Trinajstić information content (AvgIpc) is 2.54. The SMILES string of the molecule is CCNC(=NCCCOCC)N1CCC(C(=O)OCC)CC1.I. The van der Waals surface area contributed by atoms with Crippen LogP contribution >= 0.6 is 24.0 Å². The van der Waals surface area contributed by atoms with Gasteiger partial charge in [0.2, 0.25) is 0 Å². The fourth-order valence-corrected chi connectivity index (χ4v) is 2.51. The molecule has 1 aliphatic heterocycles. The van der Waals surface area contributed by atoms with Crippen molar-refractivity contribution in [3.63, 3.8) is 0 Å². The maximum atomic E-state index is 11.8. The molecule has 0 aromatic carbocycles. The topological polar surface area (TPSA) is 63.2 Å². The molecule has 1 heterocycles. The number of likely N-dealkylation sites (tertiary alicyclic amines) is 1. The van der Waals surface area contributed by atoms with Gasteiger partial charge < -0.3 is 19.7 Å². The summed E-state index contributed by atoms with van der Waals surface area (Å²) in [4.78, 5) is 18.7. The Morgan fingerprint density at radius 2 is 1.91 bits per heavy atom. The van der Waals surface area contributed by atoms with E-state index in [4.69, 9.17) is 9.47 Å². The summed E-state index contributed by atoms with van der Waals surface area (Å²) in [5, 5.41) is 3.33. The van der Waals surface area contributed by atoms with Crippen molar-refractivity contribution in [1.82, 2.24) is 10.2 Å². The van der Waals surface area contributed by atoms with Crippen LogP contribution in [0.3, 0.4) is 0 Å². The summed E-state index contributed by atoms with van der Waals surface area (Å²) >= 11 is 0. The van der Waals surface area contributed by atoms with Gasteiger partial charge in [-0.3, -0.25) is 9.79 Å². The number of nitrogens with one attached hydrogen (secondary N) is 1. The minimum atomic E-state index is -0.0548. The molecular formula is C16H32IN3O3. The van der Waals surface area contributed by atoms with Gasteiger partial charge in [0.25, 0.3) is 0 Å². The number of hydrogen-bond acceptors (Lipinski definition) is 4. The summed E-state index contributed by atoms with van der Waals surface area (Å²) in [5.74, 6) is 0.930. The number of aliphatic imine (C=N–C) groups is 1. The van der Waals surface area contributed by atoms with Crippen LogP contribution < -0.4 is 5.32 Å². The molecule has 0 spiro atoms. The summed E-state index contributed by atoms with van der Waals surface area (Å²) in [7, 11) is 0. The number of rotatable bonds is 8. The van der Waals surface area contributed by atoms with Gasteiger partial charge in [-0.1, -0.05) is 0 Å². The Labute approximate surface area is 157 Å². The van der Waals surface area contributed by atoms with Crippen molar-refractivity contribution >= 4 is 35.9 Å². The first-order valence-corrected chi connectivity index (χ1v) is 8.50. The van der Waals surface area contributed by atoms with Crippen molar-refractivity contribution in [3.8, 4) is 0 Å². The van der Waals surface area contributed by atoms with E-state index in [0.29, 0.717) is 6.61 Å². The highest BCUT2D eigenvalue weighted by Gasteiger charge is 2.27. The number of piperidine rings is 1. The second kappa shape index (κ2) is 13.8. The van der Waals surface area contributed by atoms with Crippen molar-refractivity contribution in [2.24, 2.45) is 10.9 Å². The Bertz CT molecular complexity index is 345. The number of hydrogen-bond donors (Lipinski definition) is 1. The van der Waals surface area contributed by atoms with Crippen molar-refractivity contribution < 1.29 is 14.3 Å².